The van der Waals surface area contributed by atoms with E-state index >= 15 is 0 Å². The van der Waals surface area contributed by atoms with Crippen LogP contribution in [0.15, 0.2) is 18.2 Å². The van der Waals surface area contributed by atoms with E-state index in [2.05, 4.69) is 0 Å². The van der Waals surface area contributed by atoms with Gasteiger partial charge in [-0.05, 0) is 44.7 Å². The van der Waals surface area contributed by atoms with Gasteiger partial charge in [-0.3, -0.25) is 14.8 Å². The lowest BCUT2D eigenvalue weighted by Crippen LogP contribution is -2.45. The standard InChI is InChI=1S/C19H24N2O5/c1-11-10-25-17-8-12(18(22)20-24)2-3-13(17)9-21(11)19(23)14-6-15-4-5-16(7-14)26-15/h2-3,8,11,14-16,24H,4-7,9-10H2,1H3,(H,20,22)/t11-,14?,15?,16?/m0/s1. The van der Waals surface area contributed by atoms with Gasteiger partial charge in [-0.2, -0.15) is 0 Å². The molecule has 2 saturated heterocycles. The Morgan fingerprint density at radius 3 is 2.65 bits per heavy atom. The quantitative estimate of drug-likeness (QED) is 0.621. The molecule has 0 spiro atoms. The van der Waals surface area contributed by atoms with Crippen LogP contribution in [0.2, 0.25) is 0 Å². The molecule has 3 heterocycles. The fraction of sp³-hybridized carbons (Fsp3) is 0.579. The van der Waals surface area contributed by atoms with Gasteiger partial charge in [0, 0.05) is 23.6 Å². The predicted octanol–water partition coefficient (Wildman–Crippen LogP) is 1.87. The summed E-state index contributed by atoms with van der Waals surface area (Å²) in [5.74, 6) is 0.190. The maximum absolute atomic E-state index is 13.2. The second-order valence-corrected chi connectivity index (χ2v) is 7.52. The highest BCUT2D eigenvalue weighted by Crippen LogP contribution is 2.37. The molecular weight excluding hydrogens is 336 g/mol. The highest BCUT2D eigenvalue weighted by molar-refractivity contribution is 5.93. The number of hydrogen-bond acceptors (Lipinski definition) is 5. The predicted molar refractivity (Wildman–Crippen MR) is 91.8 cm³/mol. The van der Waals surface area contributed by atoms with Crippen molar-refractivity contribution in [2.24, 2.45) is 5.92 Å². The Morgan fingerprint density at radius 2 is 1.96 bits per heavy atom. The topological polar surface area (TPSA) is 88.1 Å². The summed E-state index contributed by atoms with van der Waals surface area (Å²) in [6.45, 7) is 2.82. The van der Waals surface area contributed by atoms with Crippen LogP contribution in [0.25, 0.3) is 0 Å². The van der Waals surface area contributed by atoms with Gasteiger partial charge in [-0.25, -0.2) is 5.48 Å². The van der Waals surface area contributed by atoms with Crippen LogP contribution in [0.5, 0.6) is 5.75 Å². The number of carbonyl (C=O) groups excluding carboxylic acids is 2. The van der Waals surface area contributed by atoms with E-state index in [1.54, 1.807) is 23.7 Å². The molecule has 0 aromatic heterocycles. The summed E-state index contributed by atoms with van der Waals surface area (Å²) in [6.07, 6.45) is 4.20. The number of hydroxylamine groups is 1. The van der Waals surface area contributed by atoms with Crippen LogP contribution < -0.4 is 10.2 Å². The molecule has 1 aromatic rings. The van der Waals surface area contributed by atoms with Crippen molar-refractivity contribution in [3.63, 3.8) is 0 Å². The van der Waals surface area contributed by atoms with Crippen molar-refractivity contribution in [2.75, 3.05) is 6.61 Å². The summed E-state index contributed by atoms with van der Waals surface area (Å²) in [6, 6.07) is 4.97. The highest BCUT2D eigenvalue weighted by Gasteiger charge is 2.40. The third-order valence-corrected chi connectivity index (χ3v) is 5.71. The first-order valence-electron chi connectivity index (χ1n) is 9.21. The fourth-order valence-electron chi connectivity index (χ4n) is 4.25. The first-order chi connectivity index (χ1) is 12.5. The molecule has 2 unspecified atom stereocenters. The van der Waals surface area contributed by atoms with E-state index in [4.69, 9.17) is 14.7 Å². The number of hydrogen-bond donors (Lipinski definition) is 2. The largest absolute Gasteiger partial charge is 0.491 e. The van der Waals surface area contributed by atoms with Crippen molar-refractivity contribution in [3.05, 3.63) is 29.3 Å². The molecule has 7 nitrogen and oxygen atoms in total. The summed E-state index contributed by atoms with van der Waals surface area (Å²) in [7, 11) is 0. The van der Waals surface area contributed by atoms with Crippen LogP contribution in [-0.4, -0.2) is 46.8 Å². The lowest BCUT2D eigenvalue weighted by Gasteiger charge is -2.34. The Bertz CT molecular complexity index is 710. The number of benzene rings is 1. The SMILES string of the molecule is C[C@H]1COc2cc(C(=O)NO)ccc2CN1C(=O)C1CC2CCC(C1)O2. The van der Waals surface area contributed by atoms with Crippen LogP contribution in [0.1, 0.15) is 48.5 Å². The fourth-order valence-corrected chi connectivity index (χ4v) is 4.25. The number of fused-ring (bicyclic) bond motifs is 3. The van der Waals surface area contributed by atoms with Crippen LogP contribution in [0.3, 0.4) is 0 Å². The Morgan fingerprint density at radius 1 is 1.23 bits per heavy atom. The van der Waals surface area contributed by atoms with Crippen LogP contribution >= 0.6 is 0 Å². The molecule has 140 valence electrons. The Kier molecular flexibility index (Phi) is 4.58. The van der Waals surface area contributed by atoms with Crippen molar-refractivity contribution in [2.45, 2.75) is 57.4 Å². The highest BCUT2D eigenvalue weighted by atomic mass is 16.5. The van der Waals surface area contributed by atoms with Gasteiger partial charge >= 0.3 is 0 Å². The number of nitrogens with zero attached hydrogens (tertiary/aromatic N) is 1. The first kappa shape index (κ1) is 17.3. The average Bonchev–Trinajstić information content (AvgIpc) is 2.90. The van der Waals surface area contributed by atoms with Crippen LogP contribution in [0.4, 0.5) is 0 Å². The molecule has 7 heteroatoms. The summed E-state index contributed by atoms with van der Waals surface area (Å²) in [5.41, 5.74) is 2.81. The molecule has 0 radical (unpaired) electrons. The van der Waals surface area contributed by atoms with Crippen molar-refractivity contribution >= 4 is 11.8 Å². The van der Waals surface area contributed by atoms with Crippen LogP contribution in [0, 0.1) is 5.92 Å². The molecule has 2 amide bonds. The molecule has 2 fully saturated rings. The van der Waals surface area contributed by atoms with E-state index < -0.39 is 5.91 Å². The second-order valence-electron chi connectivity index (χ2n) is 7.52. The van der Waals surface area contributed by atoms with Gasteiger partial charge in [0.15, 0.2) is 0 Å². The average molecular weight is 360 g/mol. The molecule has 3 aliphatic heterocycles. The van der Waals surface area contributed by atoms with Crippen LogP contribution in [-0.2, 0) is 16.1 Å². The summed E-state index contributed by atoms with van der Waals surface area (Å²) in [5, 5.41) is 8.79. The molecule has 2 bridgehead atoms. The first-order valence-corrected chi connectivity index (χ1v) is 9.21. The van der Waals surface area contributed by atoms with Crippen molar-refractivity contribution < 1.29 is 24.3 Å². The Labute approximate surface area is 152 Å². The molecule has 26 heavy (non-hydrogen) atoms. The second kappa shape index (κ2) is 6.89. The van der Waals surface area contributed by atoms with Gasteiger partial charge in [-0.1, -0.05) is 6.07 Å². The van der Waals surface area contributed by atoms with E-state index in [0.29, 0.717) is 24.5 Å². The van der Waals surface area contributed by atoms with E-state index in [9.17, 15) is 9.59 Å². The maximum atomic E-state index is 13.2. The Hall–Kier alpha value is -2.12. The summed E-state index contributed by atoms with van der Waals surface area (Å²) < 4.78 is 11.7. The Balaban J connectivity index is 1.54. The lowest BCUT2D eigenvalue weighted by molar-refractivity contribution is -0.144. The zero-order valence-electron chi connectivity index (χ0n) is 14.8. The van der Waals surface area contributed by atoms with Gasteiger partial charge in [-0.15, -0.1) is 0 Å². The third kappa shape index (κ3) is 3.17. The van der Waals surface area contributed by atoms with E-state index in [1.807, 2.05) is 11.8 Å². The zero-order valence-corrected chi connectivity index (χ0v) is 14.8. The van der Waals surface area contributed by atoms with Crippen molar-refractivity contribution in [3.8, 4) is 5.75 Å². The number of carbonyl (C=O) groups is 2. The van der Waals surface area contributed by atoms with Gasteiger partial charge in [0.2, 0.25) is 5.91 Å². The molecular formula is C19H24N2O5. The van der Waals surface area contributed by atoms with Crippen molar-refractivity contribution in [1.82, 2.24) is 10.4 Å². The van der Waals surface area contributed by atoms with Gasteiger partial charge in [0.25, 0.3) is 5.91 Å². The van der Waals surface area contributed by atoms with Crippen molar-refractivity contribution in [1.29, 1.82) is 0 Å². The smallest absolute Gasteiger partial charge is 0.274 e. The third-order valence-electron chi connectivity index (χ3n) is 5.71. The summed E-state index contributed by atoms with van der Waals surface area (Å²) >= 11 is 0. The monoisotopic (exact) mass is 360 g/mol. The van der Waals surface area contributed by atoms with E-state index in [-0.39, 0.29) is 30.1 Å². The molecule has 3 aliphatic rings. The number of rotatable bonds is 2. The summed E-state index contributed by atoms with van der Waals surface area (Å²) in [4.78, 5) is 26.7. The normalized spacial score (nSPS) is 30.2. The molecule has 0 saturated carbocycles. The lowest BCUT2D eigenvalue weighted by atomic mass is 9.93. The number of nitrogens with one attached hydrogen (secondary N) is 1. The molecule has 4 rings (SSSR count). The molecule has 3 atom stereocenters. The van der Waals surface area contributed by atoms with E-state index in [1.165, 1.54) is 0 Å². The number of ether oxygens (including phenoxy) is 2. The molecule has 0 aliphatic carbocycles. The number of amides is 2. The van der Waals surface area contributed by atoms with Gasteiger partial charge in [0.1, 0.15) is 12.4 Å². The molecule has 1 aromatic carbocycles. The minimum Gasteiger partial charge on any atom is -0.491 e. The van der Waals surface area contributed by atoms with Gasteiger partial charge in [0.05, 0.1) is 18.2 Å². The minimum atomic E-state index is -0.584. The maximum Gasteiger partial charge on any atom is 0.274 e. The van der Waals surface area contributed by atoms with E-state index in [0.717, 1.165) is 31.2 Å². The zero-order chi connectivity index (χ0) is 18.3. The molecule has 2 N–H and O–H groups in total. The minimum absolute atomic E-state index is 0.0182. The van der Waals surface area contributed by atoms with Gasteiger partial charge < -0.3 is 14.4 Å².